The molecule has 0 heterocycles. The molecule has 0 spiro atoms. The van der Waals surface area contributed by atoms with Crippen LogP contribution in [0.15, 0.2) is 30.3 Å². The molecule has 0 unspecified atom stereocenters. The van der Waals surface area contributed by atoms with Gasteiger partial charge in [0.05, 0.1) is 12.7 Å². The topological polar surface area (TPSA) is 9.23 Å². The van der Waals surface area contributed by atoms with Crippen LogP contribution in [0.3, 0.4) is 0 Å². The fourth-order valence-corrected chi connectivity index (χ4v) is 1.19. The fourth-order valence-electron chi connectivity index (χ4n) is 1.19. The smallest absolute Gasteiger partial charge is 0.0720 e. The van der Waals surface area contributed by atoms with E-state index in [1.807, 2.05) is 18.2 Å². The third-order valence-corrected chi connectivity index (χ3v) is 2.11. The van der Waals surface area contributed by atoms with Crippen molar-refractivity contribution in [2.75, 3.05) is 0 Å². The summed E-state index contributed by atoms with van der Waals surface area (Å²) in [7, 11) is 0. The Labute approximate surface area is 80.7 Å². The first kappa shape index (κ1) is 10.3. The van der Waals surface area contributed by atoms with E-state index in [4.69, 9.17) is 4.74 Å². The van der Waals surface area contributed by atoms with Crippen LogP contribution in [-0.4, -0.2) is 6.10 Å². The van der Waals surface area contributed by atoms with Crippen LogP contribution < -0.4 is 0 Å². The zero-order valence-electron chi connectivity index (χ0n) is 8.20. The van der Waals surface area contributed by atoms with Crippen LogP contribution in [0, 0.1) is 6.92 Å². The molecule has 0 N–H and O–H groups in total. The van der Waals surface area contributed by atoms with Crippen LogP contribution in [0.4, 0.5) is 0 Å². The molecule has 0 amide bonds. The lowest BCUT2D eigenvalue weighted by molar-refractivity contribution is 0.0398. The molecule has 0 aliphatic rings. The van der Waals surface area contributed by atoms with Gasteiger partial charge in [-0.05, 0) is 18.4 Å². The van der Waals surface area contributed by atoms with E-state index in [0.717, 1.165) is 12.8 Å². The molecule has 1 heteroatoms. The predicted molar refractivity (Wildman–Crippen MR) is 55.3 cm³/mol. The molecular formula is C12H17O. The van der Waals surface area contributed by atoms with E-state index in [1.165, 1.54) is 5.56 Å². The Hall–Kier alpha value is -0.820. The Morgan fingerprint density at radius 2 is 2.00 bits per heavy atom. The Bertz CT molecular complexity index is 214. The fraction of sp³-hybridized carbons (Fsp3) is 0.417. The molecule has 1 nitrogen and oxygen atoms in total. The number of hydrogen-bond donors (Lipinski definition) is 0. The normalized spacial score (nSPS) is 10.7. The van der Waals surface area contributed by atoms with Gasteiger partial charge in [-0.1, -0.05) is 44.2 Å². The predicted octanol–water partition coefficient (Wildman–Crippen LogP) is 3.21. The maximum absolute atomic E-state index is 5.66. The second-order valence-electron chi connectivity index (χ2n) is 3.12. The number of benzene rings is 1. The molecule has 0 saturated carbocycles. The maximum atomic E-state index is 5.66. The van der Waals surface area contributed by atoms with Crippen LogP contribution in [0.1, 0.15) is 25.3 Å². The summed E-state index contributed by atoms with van der Waals surface area (Å²) >= 11 is 0. The first-order chi connectivity index (χ1) is 6.36. The molecule has 1 aromatic rings. The second kappa shape index (κ2) is 5.76. The zero-order chi connectivity index (χ0) is 9.52. The van der Waals surface area contributed by atoms with Crippen molar-refractivity contribution in [2.24, 2.45) is 0 Å². The molecular weight excluding hydrogens is 160 g/mol. The molecule has 71 valence electrons. The van der Waals surface area contributed by atoms with E-state index < -0.39 is 0 Å². The zero-order valence-corrected chi connectivity index (χ0v) is 8.20. The third-order valence-electron chi connectivity index (χ3n) is 2.11. The van der Waals surface area contributed by atoms with Gasteiger partial charge in [0.1, 0.15) is 0 Å². The molecule has 1 atom stereocenters. The van der Waals surface area contributed by atoms with Crippen LogP contribution >= 0.6 is 0 Å². The highest BCUT2D eigenvalue weighted by Gasteiger charge is 2.02. The minimum absolute atomic E-state index is 0.306. The molecule has 0 aromatic heterocycles. The second-order valence-corrected chi connectivity index (χ2v) is 3.12. The van der Waals surface area contributed by atoms with Gasteiger partial charge < -0.3 is 4.74 Å². The van der Waals surface area contributed by atoms with Crippen molar-refractivity contribution in [3.05, 3.63) is 42.8 Å². The Kier molecular flexibility index (Phi) is 4.55. The van der Waals surface area contributed by atoms with Crippen LogP contribution in [0.2, 0.25) is 0 Å². The van der Waals surface area contributed by atoms with Crippen LogP contribution in [-0.2, 0) is 11.3 Å². The lowest BCUT2D eigenvalue weighted by Crippen LogP contribution is -2.09. The SMILES string of the molecule is [CH2]C[C@@H](CC)OCc1ccccc1. The van der Waals surface area contributed by atoms with Crippen molar-refractivity contribution in [2.45, 2.75) is 32.5 Å². The van der Waals surface area contributed by atoms with Gasteiger partial charge in [-0.2, -0.15) is 0 Å². The largest absolute Gasteiger partial charge is 0.374 e. The highest BCUT2D eigenvalue weighted by Crippen LogP contribution is 2.07. The lowest BCUT2D eigenvalue weighted by atomic mass is 10.2. The summed E-state index contributed by atoms with van der Waals surface area (Å²) in [5.74, 6) is 0. The average Bonchev–Trinajstić information content (AvgIpc) is 2.21. The van der Waals surface area contributed by atoms with Gasteiger partial charge in [0, 0.05) is 0 Å². The van der Waals surface area contributed by atoms with Gasteiger partial charge in [0.25, 0.3) is 0 Å². The molecule has 1 rings (SSSR count). The van der Waals surface area contributed by atoms with Crippen molar-refractivity contribution in [3.63, 3.8) is 0 Å². The number of rotatable bonds is 5. The highest BCUT2D eigenvalue weighted by molar-refractivity contribution is 5.13. The van der Waals surface area contributed by atoms with Gasteiger partial charge in [-0.15, -0.1) is 0 Å². The summed E-state index contributed by atoms with van der Waals surface area (Å²) in [6.07, 6.45) is 2.19. The van der Waals surface area contributed by atoms with E-state index in [1.54, 1.807) is 0 Å². The minimum atomic E-state index is 0.306. The van der Waals surface area contributed by atoms with Gasteiger partial charge >= 0.3 is 0 Å². The summed E-state index contributed by atoms with van der Waals surface area (Å²) in [6, 6.07) is 10.2. The summed E-state index contributed by atoms with van der Waals surface area (Å²) in [5.41, 5.74) is 1.23. The summed E-state index contributed by atoms with van der Waals surface area (Å²) < 4.78 is 5.66. The first-order valence-corrected chi connectivity index (χ1v) is 4.81. The summed E-state index contributed by atoms with van der Waals surface area (Å²) in [4.78, 5) is 0. The molecule has 0 bridgehead atoms. The molecule has 0 saturated heterocycles. The van der Waals surface area contributed by atoms with E-state index in [0.29, 0.717) is 12.7 Å². The quantitative estimate of drug-likeness (QED) is 0.671. The van der Waals surface area contributed by atoms with E-state index >= 15 is 0 Å². The molecule has 0 aliphatic carbocycles. The van der Waals surface area contributed by atoms with Gasteiger partial charge in [0.15, 0.2) is 0 Å². The number of ether oxygens (including phenoxy) is 1. The van der Waals surface area contributed by atoms with Crippen molar-refractivity contribution in [3.8, 4) is 0 Å². The average molecular weight is 177 g/mol. The van der Waals surface area contributed by atoms with Crippen LogP contribution in [0.25, 0.3) is 0 Å². The van der Waals surface area contributed by atoms with Crippen molar-refractivity contribution >= 4 is 0 Å². The van der Waals surface area contributed by atoms with Crippen molar-refractivity contribution < 1.29 is 4.74 Å². The molecule has 13 heavy (non-hydrogen) atoms. The molecule has 1 aromatic carbocycles. The van der Waals surface area contributed by atoms with E-state index in [-0.39, 0.29) is 0 Å². The summed E-state index contributed by atoms with van der Waals surface area (Å²) in [6.45, 7) is 6.67. The van der Waals surface area contributed by atoms with Crippen molar-refractivity contribution in [1.29, 1.82) is 0 Å². The van der Waals surface area contributed by atoms with Crippen molar-refractivity contribution in [1.82, 2.24) is 0 Å². The third kappa shape index (κ3) is 3.60. The summed E-state index contributed by atoms with van der Waals surface area (Å²) in [5, 5.41) is 0. The molecule has 1 radical (unpaired) electrons. The Morgan fingerprint density at radius 3 is 2.54 bits per heavy atom. The first-order valence-electron chi connectivity index (χ1n) is 4.81. The van der Waals surface area contributed by atoms with E-state index in [2.05, 4.69) is 26.0 Å². The van der Waals surface area contributed by atoms with Crippen LogP contribution in [0.5, 0.6) is 0 Å². The minimum Gasteiger partial charge on any atom is -0.374 e. The highest BCUT2D eigenvalue weighted by atomic mass is 16.5. The standard InChI is InChI=1S/C12H17O/c1-3-12(4-2)13-10-11-8-6-5-7-9-11/h5-9,12H,1,3-4,10H2,2H3/t12-/m0/s1. The molecule has 0 aliphatic heterocycles. The lowest BCUT2D eigenvalue weighted by Gasteiger charge is -2.13. The molecule has 0 fully saturated rings. The monoisotopic (exact) mass is 177 g/mol. The maximum Gasteiger partial charge on any atom is 0.0720 e. The van der Waals surface area contributed by atoms with Gasteiger partial charge in [-0.3, -0.25) is 0 Å². The Balaban J connectivity index is 2.34. The van der Waals surface area contributed by atoms with Gasteiger partial charge in [-0.25, -0.2) is 0 Å². The van der Waals surface area contributed by atoms with Gasteiger partial charge in [0.2, 0.25) is 0 Å². The number of hydrogen-bond acceptors (Lipinski definition) is 1. The van der Waals surface area contributed by atoms with E-state index in [9.17, 15) is 0 Å². The Morgan fingerprint density at radius 1 is 1.31 bits per heavy atom.